The highest BCUT2D eigenvalue weighted by molar-refractivity contribution is 5.84. The molecule has 1 aromatic rings. The largest absolute Gasteiger partial charge is 0.444 e. The van der Waals surface area contributed by atoms with Gasteiger partial charge in [-0.05, 0) is 45.0 Å². The van der Waals surface area contributed by atoms with Crippen LogP contribution in [0, 0.1) is 11.8 Å². The van der Waals surface area contributed by atoms with Crippen molar-refractivity contribution in [3.8, 4) is 11.8 Å². The van der Waals surface area contributed by atoms with Crippen molar-refractivity contribution < 1.29 is 9.53 Å². The van der Waals surface area contributed by atoms with Gasteiger partial charge in [0.25, 0.3) is 0 Å². The first kappa shape index (κ1) is 14.1. The van der Waals surface area contributed by atoms with Gasteiger partial charge in [0, 0.05) is 17.7 Å². The van der Waals surface area contributed by atoms with Gasteiger partial charge in [0.2, 0.25) is 0 Å². The Morgan fingerprint density at radius 2 is 1.89 bits per heavy atom. The highest BCUT2D eigenvalue weighted by Crippen LogP contribution is 2.12. The summed E-state index contributed by atoms with van der Waals surface area (Å²) in [5, 5.41) is 2.67. The molecule has 3 heteroatoms. The Bertz CT molecular complexity index is 458. The molecule has 0 unspecified atom stereocenters. The van der Waals surface area contributed by atoms with Crippen LogP contribution < -0.4 is 5.32 Å². The Morgan fingerprint density at radius 1 is 1.28 bits per heavy atom. The van der Waals surface area contributed by atoms with Crippen molar-refractivity contribution in [2.75, 3.05) is 5.32 Å². The quantitative estimate of drug-likeness (QED) is 0.764. The summed E-state index contributed by atoms with van der Waals surface area (Å²) in [6.07, 6.45) is 0.382. The molecule has 0 aromatic heterocycles. The lowest BCUT2D eigenvalue weighted by Crippen LogP contribution is -2.27. The van der Waals surface area contributed by atoms with Crippen molar-refractivity contribution in [1.82, 2.24) is 0 Å². The van der Waals surface area contributed by atoms with Gasteiger partial charge < -0.3 is 4.74 Å². The molecule has 0 spiro atoms. The van der Waals surface area contributed by atoms with E-state index in [0.717, 1.165) is 12.0 Å². The van der Waals surface area contributed by atoms with Crippen LogP contribution in [0.25, 0.3) is 0 Å². The van der Waals surface area contributed by atoms with Gasteiger partial charge >= 0.3 is 6.09 Å². The molecule has 1 N–H and O–H groups in total. The number of hydrogen-bond acceptors (Lipinski definition) is 2. The maximum Gasteiger partial charge on any atom is 0.412 e. The number of nitrogens with one attached hydrogen (secondary N) is 1. The van der Waals surface area contributed by atoms with E-state index in [-0.39, 0.29) is 0 Å². The fourth-order valence-electron chi connectivity index (χ4n) is 1.25. The number of carbonyl (C=O) groups excluding carboxylic acids is 1. The molecule has 0 saturated carbocycles. The molecular formula is C15H19NO2. The Labute approximate surface area is 109 Å². The van der Waals surface area contributed by atoms with Crippen LogP contribution in [0.4, 0.5) is 10.5 Å². The summed E-state index contributed by atoms with van der Waals surface area (Å²) >= 11 is 0. The lowest BCUT2D eigenvalue weighted by atomic mass is 10.2. The normalized spacial score (nSPS) is 10.2. The summed E-state index contributed by atoms with van der Waals surface area (Å²) < 4.78 is 5.16. The van der Waals surface area contributed by atoms with Crippen LogP contribution in [-0.4, -0.2) is 11.7 Å². The molecule has 1 aromatic carbocycles. The second-order valence-corrected chi connectivity index (χ2v) is 4.86. The Kier molecular flexibility index (Phi) is 4.79. The molecule has 96 valence electrons. The number of hydrogen-bond donors (Lipinski definition) is 1. The summed E-state index contributed by atoms with van der Waals surface area (Å²) in [6, 6.07) is 7.36. The fourth-order valence-corrected chi connectivity index (χ4v) is 1.25. The van der Waals surface area contributed by atoms with Crippen molar-refractivity contribution >= 4 is 11.8 Å². The molecule has 0 bridgehead atoms. The van der Waals surface area contributed by atoms with E-state index in [2.05, 4.69) is 17.2 Å². The van der Waals surface area contributed by atoms with Crippen LogP contribution >= 0.6 is 0 Å². The van der Waals surface area contributed by atoms with Crippen molar-refractivity contribution in [2.24, 2.45) is 0 Å². The highest BCUT2D eigenvalue weighted by atomic mass is 16.6. The summed E-state index contributed by atoms with van der Waals surface area (Å²) in [4.78, 5) is 11.5. The van der Waals surface area contributed by atoms with Crippen LogP contribution in [0.5, 0.6) is 0 Å². The third kappa shape index (κ3) is 5.40. The molecule has 0 atom stereocenters. The van der Waals surface area contributed by atoms with Crippen molar-refractivity contribution in [3.05, 3.63) is 29.8 Å². The average molecular weight is 245 g/mol. The third-order valence-corrected chi connectivity index (χ3v) is 1.94. The van der Waals surface area contributed by atoms with E-state index in [4.69, 9.17) is 4.74 Å². The van der Waals surface area contributed by atoms with Crippen molar-refractivity contribution in [3.63, 3.8) is 0 Å². The van der Waals surface area contributed by atoms with E-state index >= 15 is 0 Å². The zero-order valence-electron chi connectivity index (χ0n) is 11.3. The fraction of sp³-hybridized carbons (Fsp3) is 0.400. The number of anilines is 1. The second kappa shape index (κ2) is 6.11. The molecule has 0 fully saturated rings. The molecule has 3 nitrogen and oxygen atoms in total. The number of ether oxygens (including phenoxy) is 1. The summed E-state index contributed by atoms with van der Waals surface area (Å²) in [7, 11) is 0. The molecule has 0 aliphatic carbocycles. The molecule has 0 radical (unpaired) electrons. The predicted molar refractivity (Wildman–Crippen MR) is 73.5 cm³/mol. The van der Waals surface area contributed by atoms with Crippen LogP contribution in [0.3, 0.4) is 0 Å². The van der Waals surface area contributed by atoms with Gasteiger partial charge in [-0.2, -0.15) is 0 Å². The summed E-state index contributed by atoms with van der Waals surface area (Å²) in [5.41, 5.74) is 1.15. The number of benzene rings is 1. The standard InChI is InChI=1S/C15H19NO2/c1-5-6-7-12-8-10-13(11-9-12)16-14(17)18-15(2,3)4/h8-11H,5H2,1-4H3,(H,16,17). The molecular weight excluding hydrogens is 226 g/mol. The van der Waals surface area contributed by atoms with Crippen LogP contribution in [-0.2, 0) is 4.74 Å². The first-order valence-electron chi connectivity index (χ1n) is 5.99. The molecule has 0 heterocycles. The minimum atomic E-state index is -0.489. The van der Waals surface area contributed by atoms with E-state index in [1.807, 2.05) is 52.0 Å². The molecule has 0 aliphatic heterocycles. The number of rotatable bonds is 1. The minimum Gasteiger partial charge on any atom is -0.444 e. The molecule has 0 saturated heterocycles. The Hall–Kier alpha value is -1.95. The zero-order valence-corrected chi connectivity index (χ0v) is 11.3. The van der Waals surface area contributed by atoms with Crippen LogP contribution in [0.1, 0.15) is 39.7 Å². The Morgan fingerprint density at radius 3 is 2.39 bits per heavy atom. The van der Waals surface area contributed by atoms with Gasteiger partial charge in [0.05, 0.1) is 0 Å². The molecule has 1 rings (SSSR count). The maximum absolute atomic E-state index is 11.5. The van der Waals surface area contributed by atoms with Gasteiger partial charge in [-0.25, -0.2) is 4.79 Å². The third-order valence-electron chi connectivity index (χ3n) is 1.94. The topological polar surface area (TPSA) is 38.3 Å². The van der Waals surface area contributed by atoms with Gasteiger partial charge in [0.1, 0.15) is 5.60 Å². The SMILES string of the molecule is CCC#Cc1ccc(NC(=O)OC(C)(C)C)cc1. The summed E-state index contributed by atoms with van der Waals surface area (Å²) in [6.45, 7) is 7.49. The highest BCUT2D eigenvalue weighted by Gasteiger charge is 2.15. The smallest absolute Gasteiger partial charge is 0.412 e. The first-order chi connectivity index (χ1) is 8.40. The zero-order chi connectivity index (χ0) is 13.6. The molecule has 1 amide bonds. The molecule has 18 heavy (non-hydrogen) atoms. The van der Waals surface area contributed by atoms with Gasteiger partial charge in [-0.3, -0.25) is 5.32 Å². The predicted octanol–water partition coefficient (Wildman–Crippen LogP) is 3.80. The van der Waals surface area contributed by atoms with E-state index in [1.165, 1.54) is 0 Å². The number of carbonyl (C=O) groups is 1. The van der Waals surface area contributed by atoms with Gasteiger partial charge in [-0.1, -0.05) is 18.8 Å². The van der Waals surface area contributed by atoms with Gasteiger partial charge in [-0.15, -0.1) is 0 Å². The van der Waals surface area contributed by atoms with Gasteiger partial charge in [0.15, 0.2) is 0 Å². The summed E-state index contributed by atoms with van der Waals surface area (Å²) in [5.74, 6) is 6.01. The van der Waals surface area contributed by atoms with E-state index in [0.29, 0.717) is 5.69 Å². The maximum atomic E-state index is 11.5. The van der Waals surface area contributed by atoms with E-state index in [9.17, 15) is 4.79 Å². The lowest BCUT2D eigenvalue weighted by molar-refractivity contribution is 0.0636. The van der Waals surface area contributed by atoms with Crippen LogP contribution in [0.2, 0.25) is 0 Å². The number of amides is 1. The first-order valence-corrected chi connectivity index (χ1v) is 5.99. The van der Waals surface area contributed by atoms with E-state index in [1.54, 1.807) is 0 Å². The van der Waals surface area contributed by atoms with Crippen molar-refractivity contribution in [1.29, 1.82) is 0 Å². The minimum absolute atomic E-state index is 0.449. The van der Waals surface area contributed by atoms with E-state index < -0.39 is 11.7 Å². The lowest BCUT2D eigenvalue weighted by Gasteiger charge is -2.19. The second-order valence-electron chi connectivity index (χ2n) is 4.86. The Balaban J connectivity index is 2.61. The monoisotopic (exact) mass is 245 g/mol. The van der Waals surface area contributed by atoms with Crippen LogP contribution in [0.15, 0.2) is 24.3 Å². The molecule has 0 aliphatic rings. The average Bonchev–Trinajstić information content (AvgIpc) is 2.25. The van der Waals surface area contributed by atoms with Crippen molar-refractivity contribution in [2.45, 2.75) is 39.7 Å².